The Bertz CT molecular complexity index is 1280. The first-order chi connectivity index (χ1) is 15.3. The molecule has 3 aromatic rings. The number of hydrogen-bond acceptors (Lipinski definition) is 5. The van der Waals surface area contributed by atoms with Crippen LogP contribution in [0.3, 0.4) is 0 Å². The fourth-order valence-electron chi connectivity index (χ4n) is 3.64. The fourth-order valence-corrected chi connectivity index (χ4v) is 4.60. The van der Waals surface area contributed by atoms with Gasteiger partial charge >= 0.3 is 5.97 Å². The van der Waals surface area contributed by atoms with E-state index in [1.165, 1.54) is 7.11 Å². The van der Waals surface area contributed by atoms with E-state index in [0.717, 1.165) is 39.3 Å². The lowest BCUT2D eigenvalue weighted by molar-refractivity contribution is -0.113. The van der Waals surface area contributed by atoms with Gasteiger partial charge in [-0.25, -0.2) is 9.69 Å². The Kier molecular flexibility index (Phi) is 5.95. The zero-order chi connectivity index (χ0) is 23.0. The fraction of sp³-hybridized carbons (Fsp3) is 0.125. The number of aryl methyl sites for hydroxylation is 1. The molecule has 1 fully saturated rings. The largest absolute Gasteiger partial charge is 0.465 e. The van der Waals surface area contributed by atoms with E-state index in [1.54, 1.807) is 48.5 Å². The Morgan fingerprint density at radius 3 is 2.44 bits per heavy atom. The van der Waals surface area contributed by atoms with E-state index in [-0.39, 0.29) is 11.1 Å². The molecular weight excluding hydrogens is 448 g/mol. The number of aromatic nitrogens is 1. The molecule has 2 amide bonds. The molecule has 1 aromatic heterocycles. The summed E-state index contributed by atoms with van der Waals surface area (Å²) >= 11 is 6.81. The van der Waals surface area contributed by atoms with Gasteiger partial charge in [-0.1, -0.05) is 17.7 Å². The molecule has 0 radical (unpaired) electrons. The molecule has 0 atom stereocenters. The minimum absolute atomic E-state index is 0.341. The maximum Gasteiger partial charge on any atom is 0.337 e. The topological polar surface area (TPSA) is 68.6 Å². The molecule has 2 heterocycles. The lowest BCUT2D eigenvalue weighted by Gasteiger charge is -2.12. The van der Waals surface area contributed by atoms with E-state index >= 15 is 0 Å². The standard InChI is InChI=1S/C24H19ClN2O4S/c1-14-11-17(15(2)26(14)20-6-4-5-16(12-20)23(29)31-3)13-21-22(28)27(24(30)32-21)19-9-7-18(25)8-10-19/h4-13H,1-3H3. The van der Waals surface area contributed by atoms with E-state index in [4.69, 9.17) is 16.3 Å². The molecule has 0 saturated carbocycles. The van der Waals surface area contributed by atoms with Gasteiger partial charge in [0.25, 0.3) is 11.1 Å². The third kappa shape index (κ3) is 3.97. The van der Waals surface area contributed by atoms with E-state index in [1.807, 2.05) is 30.5 Å². The molecule has 2 aromatic carbocycles. The van der Waals surface area contributed by atoms with Crippen LogP contribution in [-0.4, -0.2) is 28.8 Å². The second kappa shape index (κ2) is 8.68. The molecule has 162 valence electrons. The zero-order valence-electron chi connectivity index (χ0n) is 17.6. The Morgan fingerprint density at radius 1 is 1.03 bits per heavy atom. The van der Waals surface area contributed by atoms with Crippen LogP contribution in [0.5, 0.6) is 0 Å². The number of ether oxygens (including phenoxy) is 1. The molecule has 4 rings (SSSR count). The second-order valence-corrected chi connectivity index (χ2v) is 8.63. The highest BCUT2D eigenvalue weighted by molar-refractivity contribution is 8.19. The lowest BCUT2D eigenvalue weighted by atomic mass is 10.2. The first-order valence-electron chi connectivity index (χ1n) is 9.71. The number of benzene rings is 2. The zero-order valence-corrected chi connectivity index (χ0v) is 19.2. The van der Waals surface area contributed by atoms with Crippen molar-refractivity contribution in [1.29, 1.82) is 0 Å². The summed E-state index contributed by atoms with van der Waals surface area (Å²) in [5.74, 6) is -0.787. The number of carbonyl (C=O) groups is 3. The maximum absolute atomic E-state index is 13.0. The number of halogens is 1. The Hall–Kier alpha value is -3.29. The molecule has 8 heteroatoms. The normalized spacial score (nSPS) is 15.0. The molecule has 0 N–H and O–H groups in total. The minimum Gasteiger partial charge on any atom is -0.465 e. The van der Waals surface area contributed by atoms with Crippen LogP contribution >= 0.6 is 23.4 Å². The molecular formula is C24H19ClN2O4S. The van der Waals surface area contributed by atoms with Gasteiger partial charge in [-0.3, -0.25) is 9.59 Å². The van der Waals surface area contributed by atoms with Crippen LogP contribution in [0.2, 0.25) is 5.02 Å². The van der Waals surface area contributed by atoms with Gasteiger partial charge in [0, 0.05) is 22.1 Å². The quantitative estimate of drug-likeness (QED) is 0.360. The molecule has 32 heavy (non-hydrogen) atoms. The monoisotopic (exact) mass is 466 g/mol. The van der Waals surface area contributed by atoms with Crippen molar-refractivity contribution in [2.45, 2.75) is 13.8 Å². The second-order valence-electron chi connectivity index (χ2n) is 7.20. The molecule has 0 spiro atoms. The van der Waals surface area contributed by atoms with Crippen molar-refractivity contribution in [3.63, 3.8) is 0 Å². The number of esters is 1. The number of rotatable bonds is 4. The van der Waals surface area contributed by atoms with Crippen molar-refractivity contribution >= 4 is 52.2 Å². The molecule has 0 unspecified atom stereocenters. The highest BCUT2D eigenvalue weighted by atomic mass is 35.5. The van der Waals surface area contributed by atoms with Crippen LogP contribution in [-0.2, 0) is 9.53 Å². The summed E-state index contributed by atoms with van der Waals surface area (Å²) in [6.45, 7) is 3.86. The SMILES string of the molecule is COC(=O)c1cccc(-n2c(C)cc(C=C3SC(=O)N(c4ccc(Cl)cc4)C3=O)c2C)c1. The summed E-state index contributed by atoms with van der Waals surface area (Å²) in [7, 11) is 1.34. The van der Waals surface area contributed by atoms with Crippen molar-refractivity contribution in [2.24, 2.45) is 0 Å². The third-order valence-electron chi connectivity index (χ3n) is 5.16. The van der Waals surface area contributed by atoms with E-state index in [2.05, 4.69) is 0 Å². The number of anilines is 1. The van der Waals surface area contributed by atoms with Gasteiger partial charge in [0.05, 0.1) is 23.3 Å². The number of hydrogen-bond donors (Lipinski definition) is 0. The molecule has 0 aliphatic carbocycles. The number of amides is 2. The van der Waals surface area contributed by atoms with Gasteiger partial charge in [0.1, 0.15) is 0 Å². The Balaban J connectivity index is 1.69. The average Bonchev–Trinajstić information content (AvgIpc) is 3.22. The lowest BCUT2D eigenvalue weighted by Crippen LogP contribution is -2.27. The van der Waals surface area contributed by atoms with Gasteiger partial charge in [0.2, 0.25) is 0 Å². The third-order valence-corrected chi connectivity index (χ3v) is 6.28. The van der Waals surface area contributed by atoms with Crippen molar-refractivity contribution in [2.75, 3.05) is 12.0 Å². The van der Waals surface area contributed by atoms with Gasteiger partial charge in [0.15, 0.2) is 0 Å². The minimum atomic E-state index is -0.412. The smallest absolute Gasteiger partial charge is 0.337 e. The van der Waals surface area contributed by atoms with Crippen molar-refractivity contribution in [3.8, 4) is 5.69 Å². The van der Waals surface area contributed by atoms with Gasteiger partial charge in [-0.2, -0.15) is 0 Å². The van der Waals surface area contributed by atoms with Gasteiger partial charge < -0.3 is 9.30 Å². The highest BCUT2D eigenvalue weighted by Crippen LogP contribution is 2.37. The predicted molar refractivity (Wildman–Crippen MR) is 126 cm³/mol. The number of methoxy groups -OCH3 is 1. The van der Waals surface area contributed by atoms with Crippen LogP contribution in [0.25, 0.3) is 11.8 Å². The summed E-state index contributed by atoms with van der Waals surface area (Å²) in [6.07, 6.45) is 1.73. The summed E-state index contributed by atoms with van der Waals surface area (Å²) < 4.78 is 6.80. The summed E-state index contributed by atoms with van der Waals surface area (Å²) in [5, 5.41) is 0.170. The Morgan fingerprint density at radius 2 is 1.75 bits per heavy atom. The summed E-state index contributed by atoms with van der Waals surface area (Å²) in [4.78, 5) is 38.9. The summed E-state index contributed by atoms with van der Waals surface area (Å²) in [6, 6.07) is 15.6. The average molecular weight is 467 g/mol. The van der Waals surface area contributed by atoms with Crippen molar-refractivity contribution in [3.05, 3.63) is 87.0 Å². The van der Waals surface area contributed by atoms with Crippen molar-refractivity contribution < 1.29 is 19.1 Å². The molecule has 1 aliphatic heterocycles. The van der Waals surface area contributed by atoms with Crippen LogP contribution < -0.4 is 4.90 Å². The van der Waals surface area contributed by atoms with Crippen molar-refractivity contribution in [1.82, 2.24) is 4.57 Å². The molecule has 1 saturated heterocycles. The molecule has 6 nitrogen and oxygen atoms in total. The van der Waals surface area contributed by atoms with Crippen LogP contribution in [0, 0.1) is 13.8 Å². The number of nitrogens with zero attached hydrogens (tertiary/aromatic N) is 2. The van der Waals surface area contributed by atoms with Gasteiger partial charge in [-0.15, -0.1) is 0 Å². The highest BCUT2D eigenvalue weighted by Gasteiger charge is 2.36. The Labute approximate surface area is 194 Å². The van der Waals surface area contributed by atoms with E-state index in [0.29, 0.717) is 21.2 Å². The number of thioether (sulfide) groups is 1. The number of carbonyl (C=O) groups excluding carboxylic acids is 3. The van der Waals surface area contributed by atoms with E-state index < -0.39 is 5.97 Å². The summed E-state index contributed by atoms with van der Waals surface area (Å²) in [5.41, 5.74) is 4.34. The molecule has 1 aliphatic rings. The number of imide groups is 1. The van der Waals surface area contributed by atoms with E-state index in [9.17, 15) is 14.4 Å². The molecule has 0 bridgehead atoms. The first kappa shape index (κ1) is 21.9. The van der Waals surface area contributed by atoms with Crippen LogP contribution in [0.1, 0.15) is 27.3 Å². The van der Waals surface area contributed by atoms with Gasteiger partial charge in [-0.05, 0) is 85.8 Å². The maximum atomic E-state index is 13.0. The predicted octanol–water partition coefficient (Wildman–Crippen LogP) is 5.78. The van der Waals surface area contributed by atoms with Crippen LogP contribution in [0.15, 0.2) is 59.5 Å². The first-order valence-corrected chi connectivity index (χ1v) is 10.9. The van der Waals surface area contributed by atoms with Crippen LogP contribution in [0.4, 0.5) is 10.5 Å².